The summed E-state index contributed by atoms with van der Waals surface area (Å²) in [6.07, 6.45) is 2.94. The highest BCUT2D eigenvalue weighted by atomic mass is 16.6. The lowest BCUT2D eigenvalue weighted by molar-refractivity contribution is -0.158. The summed E-state index contributed by atoms with van der Waals surface area (Å²) < 4.78 is 5.23. The SMILES string of the molecule is CC(C)(C)OC(=O)C1CCCCC(=O)N1. The van der Waals surface area contributed by atoms with E-state index >= 15 is 0 Å². The summed E-state index contributed by atoms with van der Waals surface area (Å²) in [5, 5.41) is 2.69. The van der Waals surface area contributed by atoms with Crippen LogP contribution in [0.1, 0.15) is 46.5 Å². The van der Waals surface area contributed by atoms with E-state index in [0.717, 1.165) is 12.8 Å². The molecule has 4 heteroatoms. The topological polar surface area (TPSA) is 55.4 Å². The fourth-order valence-electron chi connectivity index (χ4n) is 1.52. The Balaban J connectivity index is 2.54. The molecule has 0 saturated carbocycles. The van der Waals surface area contributed by atoms with Gasteiger partial charge < -0.3 is 10.1 Å². The number of nitrogens with one attached hydrogen (secondary N) is 1. The Labute approximate surface area is 90.4 Å². The second kappa shape index (κ2) is 4.64. The molecule has 1 aliphatic heterocycles. The van der Waals surface area contributed by atoms with Crippen LogP contribution in [0, 0.1) is 0 Å². The first-order valence-electron chi connectivity index (χ1n) is 5.41. The van der Waals surface area contributed by atoms with Crippen molar-refractivity contribution in [2.24, 2.45) is 0 Å². The highest BCUT2D eigenvalue weighted by Crippen LogP contribution is 2.14. The number of hydrogen-bond donors (Lipinski definition) is 1. The molecule has 86 valence electrons. The van der Waals surface area contributed by atoms with E-state index in [9.17, 15) is 9.59 Å². The standard InChI is InChI=1S/C11H19NO3/c1-11(2,3)15-10(14)8-6-4-5-7-9(13)12-8/h8H,4-7H2,1-3H3,(H,12,13). The first kappa shape index (κ1) is 12.0. The van der Waals surface area contributed by atoms with Gasteiger partial charge in [-0.05, 0) is 33.6 Å². The van der Waals surface area contributed by atoms with E-state index in [1.807, 2.05) is 20.8 Å². The highest BCUT2D eigenvalue weighted by Gasteiger charge is 2.27. The molecule has 0 aliphatic carbocycles. The average Bonchev–Trinajstić information content (AvgIpc) is 2.26. The Morgan fingerprint density at radius 1 is 1.40 bits per heavy atom. The predicted molar refractivity (Wildman–Crippen MR) is 56.2 cm³/mol. The Morgan fingerprint density at radius 2 is 2.07 bits per heavy atom. The number of hydrogen-bond acceptors (Lipinski definition) is 3. The van der Waals surface area contributed by atoms with Gasteiger partial charge in [0.15, 0.2) is 0 Å². The molecule has 0 aromatic carbocycles. The van der Waals surface area contributed by atoms with Gasteiger partial charge in [0, 0.05) is 6.42 Å². The summed E-state index contributed by atoms with van der Waals surface area (Å²) in [5.74, 6) is -0.374. The molecule has 1 N–H and O–H groups in total. The zero-order chi connectivity index (χ0) is 11.5. The lowest BCUT2D eigenvalue weighted by Crippen LogP contribution is -2.42. The van der Waals surface area contributed by atoms with Crippen LogP contribution in [0.4, 0.5) is 0 Å². The summed E-state index contributed by atoms with van der Waals surface area (Å²) in [4.78, 5) is 22.9. The summed E-state index contributed by atoms with van der Waals surface area (Å²) in [7, 11) is 0. The monoisotopic (exact) mass is 213 g/mol. The van der Waals surface area contributed by atoms with E-state index in [0.29, 0.717) is 12.8 Å². The lowest BCUT2D eigenvalue weighted by Gasteiger charge is -2.23. The van der Waals surface area contributed by atoms with Crippen molar-refractivity contribution in [1.29, 1.82) is 0 Å². The average molecular weight is 213 g/mol. The molecule has 0 spiro atoms. The van der Waals surface area contributed by atoms with Gasteiger partial charge in [-0.15, -0.1) is 0 Å². The fraction of sp³-hybridized carbons (Fsp3) is 0.818. The molecule has 0 radical (unpaired) electrons. The third-order valence-corrected chi connectivity index (χ3v) is 2.17. The molecule has 0 aromatic heterocycles. The van der Waals surface area contributed by atoms with Gasteiger partial charge in [0.25, 0.3) is 0 Å². The van der Waals surface area contributed by atoms with Crippen molar-refractivity contribution in [1.82, 2.24) is 5.32 Å². The number of carbonyl (C=O) groups is 2. The van der Waals surface area contributed by atoms with E-state index in [1.165, 1.54) is 0 Å². The van der Waals surface area contributed by atoms with Crippen LogP contribution in [-0.2, 0) is 14.3 Å². The van der Waals surface area contributed by atoms with Crippen LogP contribution in [0.5, 0.6) is 0 Å². The highest BCUT2D eigenvalue weighted by molar-refractivity contribution is 5.84. The van der Waals surface area contributed by atoms with Gasteiger partial charge in [0.2, 0.25) is 5.91 Å². The van der Waals surface area contributed by atoms with Gasteiger partial charge in [0.1, 0.15) is 11.6 Å². The minimum Gasteiger partial charge on any atom is -0.458 e. The molecular weight excluding hydrogens is 194 g/mol. The van der Waals surface area contributed by atoms with E-state index in [4.69, 9.17) is 4.74 Å². The quantitative estimate of drug-likeness (QED) is 0.670. The molecule has 0 aromatic rings. The largest absolute Gasteiger partial charge is 0.458 e. The van der Waals surface area contributed by atoms with E-state index < -0.39 is 11.6 Å². The zero-order valence-corrected chi connectivity index (χ0v) is 9.63. The number of rotatable bonds is 1. The molecule has 1 saturated heterocycles. The van der Waals surface area contributed by atoms with Crippen molar-refractivity contribution in [2.75, 3.05) is 0 Å². The Hall–Kier alpha value is -1.06. The first-order valence-corrected chi connectivity index (χ1v) is 5.41. The number of ether oxygens (including phenoxy) is 1. The third kappa shape index (κ3) is 4.32. The Bertz CT molecular complexity index is 255. The minimum absolute atomic E-state index is 0.0524. The maximum absolute atomic E-state index is 11.7. The van der Waals surface area contributed by atoms with Crippen LogP contribution in [0.15, 0.2) is 0 Å². The molecule has 1 rings (SSSR count). The fourth-order valence-corrected chi connectivity index (χ4v) is 1.52. The zero-order valence-electron chi connectivity index (χ0n) is 9.63. The predicted octanol–water partition coefficient (Wildman–Crippen LogP) is 1.39. The van der Waals surface area contributed by atoms with E-state index in [1.54, 1.807) is 0 Å². The lowest BCUT2D eigenvalue weighted by atomic mass is 10.1. The van der Waals surface area contributed by atoms with Gasteiger partial charge in [-0.25, -0.2) is 4.79 Å². The van der Waals surface area contributed by atoms with Gasteiger partial charge in [-0.3, -0.25) is 4.79 Å². The molecule has 1 heterocycles. The number of esters is 1. The second-order valence-electron chi connectivity index (χ2n) is 4.90. The second-order valence-corrected chi connectivity index (χ2v) is 4.90. The third-order valence-electron chi connectivity index (χ3n) is 2.17. The van der Waals surface area contributed by atoms with Crippen LogP contribution >= 0.6 is 0 Å². The van der Waals surface area contributed by atoms with Gasteiger partial charge in [0.05, 0.1) is 0 Å². The van der Waals surface area contributed by atoms with Crippen LogP contribution in [-0.4, -0.2) is 23.5 Å². The molecule has 1 amide bonds. The molecule has 0 bridgehead atoms. The maximum atomic E-state index is 11.7. The maximum Gasteiger partial charge on any atom is 0.329 e. The van der Waals surface area contributed by atoms with Crippen molar-refractivity contribution < 1.29 is 14.3 Å². The van der Waals surface area contributed by atoms with Gasteiger partial charge >= 0.3 is 5.97 Å². The summed E-state index contributed by atoms with van der Waals surface area (Å²) in [6.45, 7) is 5.47. The van der Waals surface area contributed by atoms with Gasteiger partial charge in [-0.1, -0.05) is 6.42 Å². The van der Waals surface area contributed by atoms with Crippen LogP contribution in [0.3, 0.4) is 0 Å². The molecular formula is C11H19NO3. The summed E-state index contributed by atoms with van der Waals surface area (Å²) in [6, 6.07) is -0.459. The first-order chi connectivity index (χ1) is 6.88. The minimum atomic E-state index is -0.492. The smallest absolute Gasteiger partial charge is 0.329 e. The molecule has 15 heavy (non-hydrogen) atoms. The van der Waals surface area contributed by atoms with Crippen LogP contribution in [0.25, 0.3) is 0 Å². The van der Waals surface area contributed by atoms with Crippen molar-refractivity contribution >= 4 is 11.9 Å². The Morgan fingerprint density at radius 3 is 2.67 bits per heavy atom. The normalized spacial score (nSPS) is 22.9. The van der Waals surface area contributed by atoms with Gasteiger partial charge in [-0.2, -0.15) is 0 Å². The number of amides is 1. The number of carbonyl (C=O) groups excluding carboxylic acids is 2. The molecule has 4 nitrogen and oxygen atoms in total. The Kier molecular flexibility index (Phi) is 3.72. The summed E-state index contributed by atoms with van der Waals surface area (Å²) in [5.41, 5.74) is -0.492. The molecule has 1 atom stereocenters. The molecule has 1 aliphatic rings. The van der Waals surface area contributed by atoms with Crippen molar-refractivity contribution in [2.45, 2.75) is 58.1 Å². The summed E-state index contributed by atoms with van der Waals surface area (Å²) >= 11 is 0. The van der Waals surface area contributed by atoms with E-state index in [-0.39, 0.29) is 11.9 Å². The van der Waals surface area contributed by atoms with E-state index in [2.05, 4.69) is 5.32 Å². The van der Waals surface area contributed by atoms with Crippen LogP contribution < -0.4 is 5.32 Å². The molecule has 1 fully saturated rings. The van der Waals surface area contributed by atoms with Crippen LogP contribution in [0.2, 0.25) is 0 Å². The van der Waals surface area contributed by atoms with Crippen molar-refractivity contribution in [3.63, 3.8) is 0 Å². The van der Waals surface area contributed by atoms with Crippen molar-refractivity contribution in [3.05, 3.63) is 0 Å². The molecule has 1 unspecified atom stereocenters. The van der Waals surface area contributed by atoms with Crippen molar-refractivity contribution in [3.8, 4) is 0 Å².